The van der Waals surface area contributed by atoms with E-state index < -0.39 is 5.82 Å². The number of aromatic nitrogens is 2. The molecule has 15 heavy (non-hydrogen) atoms. The van der Waals surface area contributed by atoms with Crippen LogP contribution in [0.4, 0.5) is 4.39 Å². The van der Waals surface area contributed by atoms with Crippen LogP contribution in [0.15, 0.2) is 27.2 Å². The molecule has 78 valence electrons. The third-order valence-electron chi connectivity index (χ3n) is 1.81. The van der Waals surface area contributed by atoms with E-state index in [4.69, 9.17) is 10.3 Å². The van der Waals surface area contributed by atoms with E-state index in [1.807, 2.05) is 0 Å². The number of nitrogens with zero attached hydrogens (tertiary/aromatic N) is 2. The van der Waals surface area contributed by atoms with E-state index in [2.05, 4.69) is 26.1 Å². The van der Waals surface area contributed by atoms with Crippen LogP contribution in [-0.4, -0.2) is 10.1 Å². The fourth-order valence-electron chi connectivity index (χ4n) is 1.11. The van der Waals surface area contributed by atoms with Crippen molar-refractivity contribution >= 4 is 15.9 Å². The van der Waals surface area contributed by atoms with Crippen LogP contribution in [0.3, 0.4) is 0 Å². The van der Waals surface area contributed by atoms with Crippen LogP contribution < -0.4 is 5.73 Å². The molecule has 1 heterocycles. The van der Waals surface area contributed by atoms with Crippen LogP contribution in [-0.2, 0) is 6.54 Å². The van der Waals surface area contributed by atoms with Crippen LogP contribution in [0, 0.1) is 5.82 Å². The van der Waals surface area contributed by atoms with Gasteiger partial charge in [-0.05, 0) is 18.2 Å². The number of halogens is 2. The Hall–Kier alpha value is -1.27. The van der Waals surface area contributed by atoms with Gasteiger partial charge in [0.15, 0.2) is 5.82 Å². The van der Waals surface area contributed by atoms with Gasteiger partial charge in [0, 0.05) is 4.47 Å². The SMILES string of the molecule is NCc1noc(-c2cc(Br)ccc2F)n1. The third kappa shape index (κ3) is 2.05. The van der Waals surface area contributed by atoms with Crippen molar-refractivity contribution in [2.24, 2.45) is 5.73 Å². The molecule has 0 saturated carbocycles. The Balaban J connectivity index is 2.48. The summed E-state index contributed by atoms with van der Waals surface area (Å²) >= 11 is 3.24. The smallest absolute Gasteiger partial charge is 0.260 e. The van der Waals surface area contributed by atoms with Gasteiger partial charge in [-0.2, -0.15) is 4.98 Å². The monoisotopic (exact) mass is 271 g/mol. The zero-order valence-corrected chi connectivity index (χ0v) is 9.16. The van der Waals surface area contributed by atoms with E-state index >= 15 is 0 Å². The van der Waals surface area contributed by atoms with Crippen molar-refractivity contribution in [3.8, 4) is 11.5 Å². The van der Waals surface area contributed by atoms with E-state index in [1.165, 1.54) is 6.07 Å². The Labute approximate surface area is 93.4 Å². The highest BCUT2D eigenvalue weighted by molar-refractivity contribution is 9.10. The second-order valence-corrected chi connectivity index (χ2v) is 3.76. The second-order valence-electron chi connectivity index (χ2n) is 2.84. The molecule has 0 saturated heterocycles. The van der Waals surface area contributed by atoms with Crippen LogP contribution in [0.1, 0.15) is 5.82 Å². The van der Waals surface area contributed by atoms with Gasteiger partial charge in [0.2, 0.25) is 0 Å². The molecule has 0 aliphatic rings. The summed E-state index contributed by atoms with van der Waals surface area (Å²) in [6.45, 7) is 0.166. The highest BCUT2D eigenvalue weighted by atomic mass is 79.9. The highest BCUT2D eigenvalue weighted by Crippen LogP contribution is 2.24. The van der Waals surface area contributed by atoms with Crippen molar-refractivity contribution in [3.63, 3.8) is 0 Å². The van der Waals surface area contributed by atoms with Crippen molar-refractivity contribution in [3.05, 3.63) is 34.3 Å². The van der Waals surface area contributed by atoms with Gasteiger partial charge < -0.3 is 10.3 Å². The fraction of sp³-hybridized carbons (Fsp3) is 0.111. The molecule has 0 bridgehead atoms. The Bertz CT molecular complexity index is 486. The molecule has 0 amide bonds. The zero-order valence-electron chi connectivity index (χ0n) is 7.58. The number of benzene rings is 1. The second kappa shape index (κ2) is 4.08. The summed E-state index contributed by atoms with van der Waals surface area (Å²) in [5.41, 5.74) is 5.58. The van der Waals surface area contributed by atoms with Crippen molar-refractivity contribution in [1.29, 1.82) is 0 Å². The molecule has 0 fully saturated rings. The molecule has 6 heteroatoms. The van der Waals surface area contributed by atoms with Crippen LogP contribution >= 0.6 is 15.9 Å². The van der Waals surface area contributed by atoms with Gasteiger partial charge in [0.1, 0.15) is 5.82 Å². The van der Waals surface area contributed by atoms with E-state index in [0.717, 1.165) is 4.47 Å². The molecule has 0 unspecified atom stereocenters. The van der Waals surface area contributed by atoms with Crippen LogP contribution in [0.2, 0.25) is 0 Å². The summed E-state index contributed by atoms with van der Waals surface area (Å²) in [6.07, 6.45) is 0. The maximum atomic E-state index is 13.4. The van der Waals surface area contributed by atoms with Gasteiger partial charge in [0.05, 0.1) is 12.1 Å². The van der Waals surface area contributed by atoms with E-state index in [0.29, 0.717) is 5.82 Å². The van der Waals surface area contributed by atoms with Gasteiger partial charge >= 0.3 is 0 Å². The van der Waals surface area contributed by atoms with Crippen molar-refractivity contribution in [2.75, 3.05) is 0 Å². The lowest BCUT2D eigenvalue weighted by Gasteiger charge is -1.97. The molecule has 0 radical (unpaired) electrons. The average molecular weight is 272 g/mol. The lowest BCUT2D eigenvalue weighted by molar-refractivity contribution is 0.420. The van der Waals surface area contributed by atoms with Crippen molar-refractivity contribution in [1.82, 2.24) is 10.1 Å². The van der Waals surface area contributed by atoms with Gasteiger partial charge in [-0.1, -0.05) is 21.1 Å². The third-order valence-corrected chi connectivity index (χ3v) is 2.30. The fourth-order valence-corrected chi connectivity index (χ4v) is 1.47. The summed E-state index contributed by atoms with van der Waals surface area (Å²) in [4.78, 5) is 3.94. The molecule has 2 rings (SSSR count). The van der Waals surface area contributed by atoms with E-state index in [1.54, 1.807) is 12.1 Å². The molecule has 0 aliphatic heterocycles. The van der Waals surface area contributed by atoms with Crippen molar-refractivity contribution < 1.29 is 8.91 Å². The average Bonchev–Trinajstić information content (AvgIpc) is 2.70. The number of hydrogen-bond donors (Lipinski definition) is 1. The first-order valence-electron chi connectivity index (χ1n) is 4.19. The molecule has 2 aromatic rings. The first-order valence-corrected chi connectivity index (χ1v) is 4.98. The minimum absolute atomic E-state index is 0.134. The van der Waals surface area contributed by atoms with Gasteiger partial charge in [-0.3, -0.25) is 0 Å². The summed E-state index contributed by atoms with van der Waals surface area (Å²) in [5.74, 6) is 0.0732. The van der Waals surface area contributed by atoms with Crippen molar-refractivity contribution in [2.45, 2.75) is 6.54 Å². The maximum Gasteiger partial charge on any atom is 0.260 e. The lowest BCUT2D eigenvalue weighted by Crippen LogP contribution is -1.97. The summed E-state index contributed by atoms with van der Waals surface area (Å²) in [6, 6.07) is 4.49. The van der Waals surface area contributed by atoms with E-state index in [-0.39, 0.29) is 18.0 Å². The predicted molar refractivity (Wildman–Crippen MR) is 55.3 cm³/mol. The molecule has 2 N–H and O–H groups in total. The number of nitrogens with two attached hydrogens (primary N) is 1. The number of rotatable bonds is 2. The summed E-state index contributed by atoms with van der Waals surface area (Å²) < 4.78 is 19.0. The minimum Gasteiger partial charge on any atom is -0.334 e. The Morgan fingerprint density at radius 2 is 2.27 bits per heavy atom. The molecular weight excluding hydrogens is 265 g/mol. The Morgan fingerprint density at radius 1 is 1.47 bits per heavy atom. The Morgan fingerprint density at radius 3 is 2.93 bits per heavy atom. The van der Waals surface area contributed by atoms with E-state index in [9.17, 15) is 4.39 Å². The van der Waals surface area contributed by atoms with Crippen LogP contribution in [0.5, 0.6) is 0 Å². The molecule has 0 spiro atoms. The molecular formula is C9H7BrFN3O. The standard InChI is InChI=1S/C9H7BrFN3O/c10-5-1-2-7(11)6(3-5)9-13-8(4-12)14-15-9/h1-3H,4,12H2. The molecule has 0 aliphatic carbocycles. The first kappa shape index (κ1) is 10.3. The minimum atomic E-state index is -0.412. The normalized spacial score (nSPS) is 10.6. The molecule has 4 nitrogen and oxygen atoms in total. The first-order chi connectivity index (χ1) is 7.20. The largest absolute Gasteiger partial charge is 0.334 e. The topological polar surface area (TPSA) is 64.9 Å². The maximum absolute atomic E-state index is 13.4. The zero-order chi connectivity index (χ0) is 10.8. The number of hydrogen-bond acceptors (Lipinski definition) is 4. The predicted octanol–water partition coefficient (Wildman–Crippen LogP) is 2.10. The molecule has 1 aromatic carbocycles. The summed E-state index contributed by atoms with van der Waals surface area (Å²) in [5, 5.41) is 3.59. The van der Waals surface area contributed by atoms with Gasteiger partial charge in [-0.25, -0.2) is 4.39 Å². The van der Waals surface area contributed by atoms with Crippen LogP contribution in [0.25, 0.3) is 11.5 Å². The lowest BCUT2D eigenvalue weighted by atomic mass is 10.2. The quantitative estimate of drug-likeness (QED) is 0.909. The van der Waals surface area contributed by atoms with Gasteiger partial charge in [-0.15, -0.1) is 0 Å². The summed E-state index contributed by atoms with van der Waals surface area (Å²) in [7, 11) is 0. The molecule has 0 atom stereocenters. The van der Waals surface area contributed by atoms with Gasteiger partial charge in [0.25, 0.3) is 5.89 Å². The molecule has 1 aromatic heterocycles. The highest BCUT2D eigenvalue weighted by Gasteiger charge is 2.12. The Kier molecular flexibility index (Phi) is 2.79.